The third kappa shape index (κ3) is 1.94. The summed E-state index contributed by atoms with van der Waals surface area (Å²) in [5.74, 6) is 1.43. The highest BCUT2D eigenvalue weighted by molar-refractivity contribution is 5.90. The van der Waals surface area contributed by atoms with Crippen molar-refractivity contribution in [2.75, 3.05) is 6.54 Å². The van der Waals surface area contributed by atoms with E-state index in [-0.39, 0.29) is 5.91 Å². The first-order chi connectivity index (χ1) is 7.59. The lowest BCUT2D eigenvalue weighted by molar-refractivity contribution is 0.0689. The maximum atomic E-state index is 12.2. The fraction of sp³-hybridized carbons (Fsp3) is 0.727. The summed E-state index contributed by atoms with van der Waals surface area (Å²) in [6.45, 7) is 6.93. The van der Waals surface area contributed by atoms with Crippen molar-refractivity contribution in [3.63, 3.8) is 0 Å². The molecular weight excluding hydrogens is 204 g/mol. The number of carbonyl (C=O) groups is 1. The SMILES string of the molecule is Cc1nc(C(=O)N2CCCC2C(C)C)n[nH]1. The number of rotatable bonds is 2. The monoisotopic (exact) mass is 222 g/mol. The molecule has 0 aliphatic carbocycles. The Bertz CT molecular complexity index is 385. The van der Waals surface area contributed by atoms with Crippen LogP contribution in [0.15, 0.2) is 0 Å². The van der Waals surface area contributed by atoms with Crippen molar-refractivity contribution in [3.05, 3.63) is 11.6 Å². The summed E-state index contributed by atoms with van der Waals surface area (Å²) in [4.78, 5) is 18.2. The van der Waals surface area contributed by atoms with Crippen molar-refractivity contribution in [1.82, 2.24) is 20.1 Å². The Morgan fingerprint density at radius 1 is 1.56 bits per heavy atom. The third-order valence-corrected chi connectivity index (χ3v) is 3.12. The molecule has 2 heterocycles. The molecule has 2 rings (SSSR count). The first-order valence-corrected chi connectivity index (χ1v) is 5.79. The highest BCUT2D eigenvalue weighted by atomic mass is 16.2. The van der Waals surface area contributed by atoms with Crippen LogP contribution in [0.5, 0.6) is 0 Å². The maximum Gasteiger partial charge on any atom is 0.293 e. The van der Waals surface area contributed by atoms with Gasteiger partial charge in [-0.3, -0.25) is 9.89 Å². The zero-order chi connectivity index (χ0) is 11.7. The van der Waals surface area contributed by atoms with Crippen molar-refractivity contribution < 1.29 is 4.79 Å². The number of amides is 1. The normalized spacial score (nSPS) is 20.8. The topological polar surface area (TPSA) is 61.9 Å². The van der Waals surface area contributed by atoms with Gasteiger partial charge in [-0.25, -0.2) is 4.98 Å². The second-order valence-electron chi connectivity index (χ2n) is 4.70. The van der Waals surface area contributed by atoms with Crippen LogP contribution in [0.25, 0.3) is 0 Å². The number of aryl methyl sites for hydroxylation is 1. The molecule has 1 atom stereocenters. The highest BCUT2D eigenvalue weighted by Gasteiger charge is 2.32. The molecule has 1 N–H and O–H groups in total. The minimum absolute atomic E-state index is 0.0412. The van der Waals surface area contributed by atoms with Gasteiger partial charge >= 0.3 is 0 Å². The number of likely N-dealkylation sites (tertiary alicyclic amines) is 1. The van der Waals surface area contributed by atoms with Gasteiger partial charge in [0.25, 0.3) is 5.91 Å². The van der Waals surface area contributed by atoms with Crippen LogP contribution in [0.3, 0.4) is 0 Å². The van der Waals surface area contributed by atoms with Crippen LogP contribution < -0.4 is 0 Å². The minimum Gasteiger partial charge on any atom is -0.333 e. The van der Waals surface area contributed by atoms with Crippen LogP contribution in [0.4, 0.5) is 0 Å². The number of nitrogens with one attached hydrogen (secondary N) is 1. The zero-order valence-corrected chi connectivity index (χ0v) is 10.0. The van der Waals surface area contributed by atoms with Gasteiger partial charge < -0.3 is 4.90 Å². The standard InChI is InChI=1S/C11H18N4O/c1-7(2)9-5-4-6-15(9)11(16)10-12-8(3)13-14-10/h7,9H,4-6H2,1-3H3,(H,12,13,14). The summed E-state index contributed by atoms with van der Waals surface area (Å²) in [6.07, 6.45) is 2.17. The van der Waals surface area contributed by atoms with Gasteiger partial charge in [-0.2, -0.15) is 0 Å². The Hall–Kier alpha value is -1.39. The Kier molecular flexibility index (Phi) is 2.94. The van der Waals surface area contributed by atoms with E-state index in [1.165, 1.54) is 0 Å². The second kappa shape index (κ2) is 4.23. The van der Waals surface area contributed by atoms with Gasteiger partial charge in [-0.15, -0.1) is 5.10 Å². The first kappa shape index (κ1) is 11.1. The molecule has 0 bridgehead atoms. The summed E-state index contributed by atoms with van der Waals surface area (Å²) in [5, 5.41) is 6.64. The fourth-order valence-electron chi connectivity index (χ4n) is 2.30. The Morgan fingerprint density at radius 3 is 2.88 bits per heavy atom. The molecule has 1 amide bonds. The Labute approximate surface area is 95.2 Å². The maximum absolute atomic E-state index is 12.2. The number of H-pyrrole nitrogens is 1. The lowest BCUT2D eigenvalue weighted by Gasteiger charge is -2.26. The van der Waals surface area contributed by atoms with Crippen LogP contribution in [0, 0.1) is 12.8 Å². The van der Waals surface area contributed by atoms with Gasteiger partial charge in [0.15, 0.2) is 0 Å². The predicted molar refractivity (Wildman–Crippen MR) is 60.0 cm³/mol. The minimum atomic E-state index is -0.0412. The molecule has 5 heteroatoms. The quantitative estimate of drug-likeness (QED) is 0.822. The molecule has 1 aromatic rings. The molecule has 0 saturated carbocycles. The Morgan fingerprint density at radius 2 is 2.31 bits per heavy atom. The number of aromatic nitrogens is 3. The van der Waals surface area contributed by atoms with Gasteiger partial charge in [0.05, 0.1) is 0 Å². The van der Waals surface area contributed by atoms with Gasteiger partial charge in [-0.05, 0) is 25.7 Å². The van der Waals surface area contributed by atoms with E-state index in [0.717, 1.165) is 19.4 Å². The molecule has 1 fully saturated rings. The van der Waals surface area contributed by atoms with E-state index in [1.54, 1.807) is 6.92 Å². The van der Waals surface area contributed by atoms with Crippen molar-refractivity contribution in [1.29, 1.82) is 0 Å². The van der Waals surface area contributed by atoms with E-state index >= 15 is 0 Å². The summed E-state index contributed by atoms with van der Waals surface area (Å²) in [6, 6.07) is 0.339. The van der Waals surface area contributed by atoms with Crippen LogP contribution in [0.1, 0.15) is 43.1 Å². The molecular formula is C11H18N4O. The molecule has 1 aliphatic heterocycles. The van der Waals surface area contributed by atoms with Gasteiger partial charge in [0.1, 0.15) is 5.82 Å². The highest BCUT2D eigenvalue weighted by Crippen LogP contribution is 2.24. The molecule has 1 aliphatic rings. The van der Waals surface area contributed by atoms with E-state index in [2.05, 4.69) is 29.0 Å². The summed E-state index contributed by atoms with van der Waals surface area (Å²) in [5.41, 5.74) is 0. The van der Waals surface area contributed by atoms with E-state index in [0.29, 0.717) is 23.6 Å². The summed E-state index contributed by atoms with van der Waals surface area (Å²) >= 11 is 0. The predicted octanol–water partition coefficient (Wildman–Crippen LogP) is 1.37. The fourth-order valence-corrected chi connectivity index (χ4v) is 2.30. The van der Waals surface area contributed by atoms with Crippen LogP contribution in [-0.4, -0.2) is 38.6 Å². The van der Waals surface area contributed by atoms with Crippen molar-refractivity contribution in [3.8, 4) is 0 Å². The second-order valence-corrected chi connectivity index (χ2v) is 4.70. The molecule has 0 spiro atoms. The van der Waals surface area contributed by atoms with E-state index < -0.39 is 0 Å². The molecule has 1 aromatic heterocycles. The average Bonchev–Trinajstić information content (AvgIpc) is 2.84. The smallest absolute Gasteiger partial charge is 0.293 e. The number of hydrogen-bond donors (Lipinski definition) is 1. The van der Waals surface area contributed by atoms with Gasteiger partial charge in [0, 0.05) is 12.6 Å². The molecule has 1 unspecified atom stereocenters. The number of aromatic amines is 1. The lowest BCUT2D eigenvalue weighted by atomic mass is 10.0. The molecule has 0 radical (unpaired) electrons. The zero-order valence-electron chi connectivity index (χ0n) is 10.0. The van der Waals surface area contributed by atoms with Crippen molar-refractivity contribution in [2.45, 2.75) is 39.7 Å². The van der Waals surface area contributed by atoms with Gasteiger partial charge in [0.2, 0.25) is 5.82 Å². The van der Waals surface area contributed by atoms with Gasteiger partial charge in [-0.1, -0.05) is 13.8 Å². The van der Waals surface area contributed by atoms with E-state index in [1.807, 2.05) is 4.90 Å². The lowest BCUT2D eigenvalue weighted by Crippen LogP contribution is -2.39. The molecule has 1 saturated heterocycles. The van der Waals surface area contributed by atoms with Crippen molar-refractivity contribution >= 4 is 5.91 Å². The third-order valence-electron chi connectivity index (χ3n) is 3.12. The Balaban J connectivity index is 2.15. The van der Waals surface area contributed by atoms with Crippen molar-refractivity contribution in [2.24, 2.45) is 5.92 Å². The average molecular weight is 222 g/mol. The first-order valence-electron chi connectivity index (χ1n) is 5.79. The van der Waals surface area contributed by atoms with E-state index in [4.69, 9.17) is 0 Å². The van der Waals surface area contributed by atoms with Crippen LogP contribution in [0.2, 0.25) is 0 Å². The summed E-state index contributed by atoms with van der Waals surface area (Å²) in [7, 11) is 0. The van der Waals surface area contributed by atoms with Crippen LogP contribution in [-0.2, 0) is 0 Å². The molecule has 0 aromatic carbocycles. The largest absolute Gasteiger partial charge is 0.333 e. The molecule has 88 valence electrons. The number of carbonyl (C=O) groups excluding carboxylic acids is 1. The summed E-state index contributed by atoms with van der Waals surface area (Å²) < 4.78 is 0. The number of hydrogen-bond acceptors (Lipinski definition) is 3. The molecule has 5 nitrogen and oxygen atoms in total. The number of nitrogens with zero attached hydrogens (tertiary/aromatic N) is 3. The van der Waals surface area contributed by atoms with E-state index in [9.17, 15) is 4.79 Å². The van der Waals surface area contributed by atoms with Crippen LogP contribution >= 0.6 is 0 Å². The molecule has 16 heavy (non-hydrogen) atoms.